The van der Waals surface area contributed by atoms with Crippen molar-refractivity contribution in [2.45, 2.75) is 20.5 Å². The molecule has 0 unspecified atom stereocenters. The number of halogens is 2. The number of hydrazine groups is 1. The van der Waals surface area contributed by atoms with E-state index in [1.54, 1.807) is 24.3 Å². The third kappa shape index (κ3) is 5.31. The molecule has 1 aromatic heterocycles. The Hall–Kier alpha value is -3.03. The van der Waals surface area contributed by atoms with Gasteiger partial charge in [-0.3, -0.25) is 15.6 Å². The quantitative estimate of drug-likeness (QED) is 0.627. The van der Waals surface area contributed by atoms with Gasteiger partial charge in [-0.2, -0.15) is 8.78 Å². The first kappa shape index (κ1) is 17.3. The second-order valence-corrected chi connectivity index (χ2v) is 4.84. The molecule has 2 N–H and O–H groups in total. The first-order valence-electron chi connectivity index (χ1n) is 7.04. The van der Waals surface area contributed by atoms with Crippen molar-refractivity contribution in [3.8, 4) is 5.75 Å². The number of rotatable bonds is 6. The minimum Gasteiger partial charge on any atom is -0.434 e. The van der Waals surface area contributed by atoms with E-state index in [4.69, 9.17) is 0 Å². The highest BCUT2D eigenvalue weighted by Crippen LogP contribution is 2.21. The highest BCUT2D eigenvalue weighted by atomic mass is 19.3. The Kier molecular flexibility index (Phi) is 5.78. The zero-order valence-electron chi connectivity index (χ0n) is 13.1. The number of para-hydroxylation sites is 1. The largest absolute Gasteiger partial charge is 0.434 e. The highest BCUT2D eigenvalue weighted by Gasteiger charge is 2.07. The van der Waals surface area contributed by atoms with Gasteiger partial charge in [0.05, 0.1) is 0 Å². The SMILES string of the molecule is Cc1cc(C)nc(NNC(=O)/C=C\c2ccccc2OC(F)F)n1. The van der Waals surface area contributed by atoms with E-state index in [-0.39, 0.29) is 11.7 Å². The van der Waals surface area contributed by atoms with E-state index in [0.717, 1.165) is 11.4 Å². The van der Waals surface area contributed by atoms with Crippen molar-refractivity contribution >= 4 is 17.9 Å². The summed E-state index contributed by atoms with van der Waals surface area (Å²) in [5.74, 6) is -0.248. The van der Waals surface area contributed by atoms with Crippen LogP contribution in [0.3, 0.4) is 0 Å². The normalized spacial score (nSPS) is 10.9. The van der Waals surface area contributed by atoms with Crippen LogP contribution in [-0.4, -0.2) is 22.5 Å². The number of amides is 1. The van der Waals surface area contributed by atoms with Crippen molar-refractivity contribution in [1.82, 2.24) is 15.4 Å². The van der Waals surface area contributed by atoms with Crippen LogP contribution in [0.25, 0.3) is 6.08 Å². The van der Waals surface area contributed by atoms with Crippen LogP contribution in [0.5, 0.6) is 5.75 Å². The van der Waals surface area contributed by atoms with E-state index in [9.17, 15) is 13.6 Å². The summed E-state index contributed by atoms with van der Waals surface area (Å²) in [5.41, 5.74) is 6.85. The molecule has 2 rings (SSSR count). The number of aromatic nitrogens is 2. The number of carbonyl (C=O) groups excluding carboxylic acids is 1. The first-order valence-corrected chi connectivity index (χ1v) is 7.04. The van der Waals surface area contributed by atoms with Crippen molar-refractivity contribution < 1.29 is 18.3 Å². The zero-order chi connectivity index (χ0) is 17.5. The van der Waals surface area contributed by atoms with Crippen molar-refractivity contribution in [2.24, 2.45) is 0 Å². The predicted octanol–water partition coefficient (Wildman–Crippen LogP) is 2.85. The molecule has 1 aromatic carbocycles. The Morgan fingerprint density at radius 1 is 1.21 bits per heavy atom. The molecule has 6 nitrogen and oxygen atoms in total. The number of alkyl halides is 2. The summed E-state index contributed by atoms with van der Waals surface area (Å²) in [6, 6.07) is 7.96. The molecule has 0 fully saturated rings. The van der Waals surface area contributed by atoms with Gasteiger partial charge in [0, 0.05) is 23.0 Å². The molecule has 0 saturated carbocycles. The minimum absolute atomic E-state index is 0.0119. The maximum Gasteiger partial charge on any atom is 0.387 e. The summed E-state index contributed by atoms with van der Waals surface area (Å²) in [5, 5.41) is 0. The number of hydrogen-bond donors (Lipinski definition) is 2. The maximum atomic E-state index is 12.3. The zero-order valence-corrected chi connectivity index (χ0v) is 13.1. The second-order valence-electron chi connectivity index (χ2n) is 4.84. The van der Waals surface area contributed by atoms with Gasteiger partial charge in [0.15, 0.2) is 0 Å². The van der Waals surface area contributed by atoms with E-state index in [2.05, 4.69) is 25.6 Å². The van der Waals surface area contributed by atoms with E-state index in [0.29, 0.717) is 5.56 Å². The Morgan fingerprint density at radius 2 is 1.88 bits per heavy atom. The van der Waals surface area contributed by atoms with E-state index in [1.165, 1.54) is 18.2 Å². The van der Waals surface area contributed by atoms with Gasteiger partial charge in [-0.05, 0) is 32.1 Å². The standard InChI is InChI=1S/C16H16F2N4O2/c1-10-9-11(2)20-16(19-10)22-21-14(23)8-7-12-5-3-4-6-13(12)24-15(17)18/h3-9,15H,1-2H3,(H,21,23)(H,19,20,22)/b8-7-. The monoisotopic (exact) mass is 334 g/mol. The van der Waals surface area contributed by atoms with Crippen LogP contribution in [0.4, 0.5) is 14.7 Å². The molecule has 126 valence electrons. The number of ether oxygens (including phenoxy) is 1. The fourth-order valence-electron chi connectivity index (χ4n) is 1.93. The van der Waals surface area contributed by atoms with Gasteiger partial charge in [-0.1, -0.05) is 18.2 Å². The summed E-state index contributed by atoms with van der Waals surface area (Å²) in [7, 11) is 0. The number of anilines is 1. The van der Waals surface area contributed by atoms with Gasteiger partial charge in [0.1, 0.15) is 5.75 Å². The van der Waals surface area contributed by atoms with Crippen LogP contribution in [0.2, 0.25) is 0 Å². The lowest BCUT2D eigenvalue weighted by atomic mass is 10.2. The predicted molar refractivity (Wildman–Crippen MR) is 85.4 cm³/mol. The highest BCUT2D eigenvalue weighted by molar-refractivity contribution is 5.92. The summed E-state index contributed by atoms with van der Waals surface area (Å²) < 4.78 is 29.0. The molecule has 0 saturated heterocycles. The van der Waals surface area contributed by atoms with Crippen LogP contribution < -0.4 is 15.6 Å². The minimum atomic E-state index is -2.93. The lowest BCUT2D eigenvalue weighted by molar-refractivity contribution is -0.116. The van der Waals surface area contributed by atoms with E-state index in [1.807, 2.05) is 13.8 Å². The molecule has 8 heteroatoms. The number of hydrogen-bond acceptors (Lipinski definition) is 5. The van der Waals surface area contributed by atoms with Crippen LogP contribution in [-0.2, 0) is 4.79 Å². The third-order valence-electron chi connectivity index (χ3n) is 2.83. The molecule has 0 aliphatic heterocycles. The van der Waals surface area contributed by atoms with Gasteiger partial charge in [-0.15, -0.1) is 0 Å². The Balaban J connectivity index is 1.98. The van der Waals surface area contributed by atoms with Crippen LogP contribution in [0, 0.1) is 13.8 Å². The third-order valence-corrected chi connectivity index (χ3v) is 2.83. The molecule has 1 heterocycles. The van der Waals surface area contributed by atoms with E-state index >= 15 is 0 Å². The molecule has 1 amide bonds. The Morgan fingerprint density at radius 3 is 2.54 bits per heavy atom. The molecular formula is C16H16F2N4O2. The number of nitrogens with zero attached hydrogens (tertiary/aromatic N) is 2. The van der Waals surface area contributed by atoms with Gasteiger partial charge in [-0.25, -0.2) is 9.97 Å². The Labute approximate surface area is 137 Å². The maximum absolute atomic E-state index is 12.3. The lowest BCUT2D eigenvalue weighted by Gasteiger charge is -2.08. The molecule has 24 heavy (non-hydrogen) atoms. The first-order chi connectivity index (χ1) is 11.4. The van der Waals surface area contributed by atoms with Crippen molar-refractivity contribution in [3.63, 3.8) is 0 Å². The Bertz CT molecular complexity index is 730. The molecule has 0 bridgehead atoms. The van der Waals surface area contributed by atoms with E-state index < -0.39 is 12.5 Å². The van der Waals surface area contributed by atoms with Crippen molar-refractivity contribution in [1.29, 1.82) is 0 Å². The van der Waals surface area contributed by atoms with Crippen LogP contribution in [0.15, 0.2) is 36.4 Å². The average Bonchev–Trinajstić information content (AvgIpc) is 2.50. The lowest BCUT2D eigenvalue weighted by Crippen LogP contribution is -2.28. The van der Waals surface area contributed by atoms with Gasteiger partial charge >= 0.3 is 6.61 Å². The summed E-state index contributed by atoms with van der Waals surface area (Å²) in [6.07, 6.45) is 2.56. The molecule has 0 spiro atoms. The molecule has 0 aliphatic carbocycles. The van der Waals surface area contributed by atoms with Crippen molar-refractivity contribution in [3.05, 3.63) is 53.4 Å². The van der Waals surface area contributed by atoms with Crippen LogP contribution >= 0.6 is 0 Å². The fourth-order valence-corrected chi connectivity index (χ4v) is 1.93. The number of carbonyl (C=O) groups is 1. The summed E-state index contributed by atoms with van der Waals surface area (Å²) >= 11 is 0. The van der Waals surface area contributed by atoms with Gasteiger partial charge in [0.2, 0.25) is 5.95 Å². The summed E-state index contributed by atoms with van der Waals surface area (Å²) in [6.45, 7) is 0.681. The number of aryl methyl sites for hydroxylation is 2. The van der Waals surface area contributed by atoms with Crippen molar-refractivity contribution in [2.75, 3.05) is 5.43 Å². The number of benzene rings is 1. The summed E-state index contributed by atoms with van der Waals surface area (Å²) in [4.78, 5) is 20.0. The molecular weight excluding hydrogens is 318 g/mol. The fraction of sp³-hybridized carbons (Fsp3) is 0.188. The van der Waals surface area contributed by atoms with Crippen LogP contribution in [0.1, 0.15) is 17.0 Å². The molecule has 0 atom stereocenters. The second kappa shape index (κ2) is 8.00. The number of nitrogens with one attached hydrogen (secondary N) is 2. The molecule has 0 radical (unpaired) electrons. The van der Waals surface area contributed by atoms with Gasteiger partial charge in [0.25, 0.3) is 5.91 Å². The smallest absolute Gasteiger partial charge is 0.387 e. The molecule has 2 aromatic rings. The topological polar surface area (TPSA) is 76.1 Å². The molecule has 0 aliphatic rings. The average molecular weight is 334 g/mol. The van der Waals surface area contributed by atoms with Gasteiger partial charge < -0.3 is 4.74 Å².